The zero-order valence-corrected chi connectivity index (χ0v) is 16.0. The molecule has 5 nitrogen and oxygen atoms in total. The molecule has 1 saturated carbocycles. The molecule has 146 valence electrons. The monoisotopic (exact) mass is 370 g/mol. The number of carboxylic acid groups (broad SMARTS) is 1. The van der Waals surface area contributed by atoms with Gasteiger partial charge < -0.3 is 10.0 Å². The van der Waals surface area contributed by atoms with Gasteiger partial charge in [0.2, 0.25) is 5.91 Å². The van der Waals surface area contributed by atoms with E-state index in [1.807, 2.05) is 11.0 Å². The summed E-state index contributed by atoms with van der Waals surface area (Å²) >= 11 is 0. The summed E-state index contributed by atoms with van der Waals surface area (Å²) in [6, 6.07) is 10.6. The van der Waals surface area contributed by atoms with Crippen molar-refractivity contribution in [3.05, 3.63) is 35.9 Å². The summed E-state index contributed by atoms with van der Waals surface area (Å²) < 4.78 is 0. The normalized spacial score (nSPS) is 29.0. The van der Waals surface area contributed by atoms with Crippen LogP contribution in [-0.4, -0.2) is 59.5 Å². The van der Waals surface area contributed by atoms with E-state index in [0.29, 0.717) is 19.0 Å². The van der Waals surface area contributed by atoms with E-state index in [9.17, 15) is 14.7 Å². The van der Waals surface area contributed by atoms with E-state index in [-0.39, 0.29) is 11.8 Å². The third kappa shape index (κ3) is 3.75. The molecule has 1 aliphatic carbocycles. The van der Waals surface area contributed by atoms with Gasteiger partial charge in [-0.05, 0) is 49.5 Å². The summed E-state index contributed by atoms with van der Waals surface area (Å²) in [6.45, 7) is 3.36. The summed E-state index contributed by atoms with van der Waals surface area (Å²) in [5.74, 6) is 0.382. The minimum atomic E-state index is -0.665. The van der Waals surface area contributed by atoms with Gasteiger partial charge in [0.15, 0.2) is 0 Å². The fourth-order valence-corrected chi connectivity index (χ4v) is 5.49. The number of piperidine rings is 1. The molecule has 0 unspecified atom stereocenters. The number of carboxylic acids is 1. The molecule has 0 bridgehead atoms. The Balaban J connectivity index is 1.26. The Morgan fingerprint density at radius 3 is 2.52 bits per heavy atom. The lowest BCUT2D eigenvalue weighted by Gasteiger charge is -2.33. The maximum absolute atomic E-state index is 12.7. The second kappa shape index (κ2) is 7.63. The molecule has 2 atom stereocenters. The Labute approximate surface area is 161 Å². The molecule has 5 heteroatoms. The van der Waals surface area contributed by atoms with Crippen molar-refractivity contribution in [2.24, 2.45) is 17.3 Å². The molecule has 2 heterocycles. The highest BCUT2D eigenvalue weighted by Gasteiger charge is 2.54. The van der Waals surface area contributed by atoms with Gasteiger partial charge in [-0.2, -0.15) is 0 Å². The SMILES string of the molecule is O=C(CN1C[C@@H]2CCC[C@@]2(C(=O)O)C1)N1CCC(Cc2ccccc2)CC1. The van der Waals surface area contributed by atoms with Crippen LogP contribution in [0.15, 0.2) is 30.3 Å². The van der Waals surface area contributed by atoms with E-state index in [1.54, 1.807) is 0 Å². The van der Waals surface area contributed by atoms with Gasteiger partial charge in [-0.3, -0.25) is 14.5 Å². The van der Waals surface area contributed by atoms with Crippen molar-refractivity contribution in [1.82, 2.24) is 9.80 Å². The minimum absolute atomic E-state index is 0.175. The largest absolute Gasteiger partial charge is 0.481 e. The van der Waals surface area contributed by atoms with Crippen LogP contribution in [0.5, 0.6) is 0 Å². The fraction of sp³-hybridized carbons (Fsp3) is 0.636. The first kappa shape index (κ1) is 18.5. The Hall–Kier alpha value is -1.88. The molecule has 4 rings (SSSR count). The second-order valence-corrected chi connectivity index (χ2v) is 8.73. The average Bonchev–Trinajstić information content (AvgIpc) is 3.21. The quantitative estimate of drug-likeness (QED) is 0.866. The van der Waals surface area contributed by atoms with Crippen molar-refractivity contribution >= 4 is 11.9 Å². The number of nitrogens with zero attached hydrogens (tertiary/aromatic N) is 2. The lowest BCUT2D eigenvalue weighted by atomic mass is 9.81. The van der Waals surface area contributed by atoms with E-state index in [4.69, 9.17) is 0 Å². The lowest BCUT2D eigenvalue weighted by Crippen LogP contribution is -2.44. The van der Waals surface area contributed by atoms with Gasteiger partial charge in [0.1, 0.15) is 0 Å². The van der Waals surface area contributed by atoms with E-state index in [1.165, 1.54) is 5.56 Å². The van der Waals surface area contributed by atoms with E-state index in [0.717, 1.165) is 58.2 Å². The van der Waals surface area contributed by atoms with Crippen LogP contribution in [0.2, 0.25) is 0 Å². The molecule has 0 radical (unpaired) electrons. The smallest absolute Gasteiger partial charge is 0.311 e. The molecule has 2 saturated heterocycles. The Kier molecular flexibility index (Phi) is 5.22. The van der Waals surface area contributed by atoms with Gasteiger partial charge in [-0.25, -0.2) is 0 Å². The maximum Gasteiger partial charge on any atom is 0.311 e. The van der Waals surface area contributed by atoms with Gasteiger partial charge in [-0.1, -0.05) is 36.8 Å². The van der Waals surface area contributed by atoms with Gasteiger partial charge in [0.25, 0.3) is 0 Å². The van der Waals surface area contributed by atoms with Crippen molar-refractivity contribution in [3.63, 3.8) is 0 Å². The number of hydrogen-bond acceptors (Lipinski definition) is 3. The molecule has 3 aliphatic rings. The van der Waals surface area contributed by atoms with Crippen molar-refractivity contribution in [3.8, 4) is 0 Å². The molecule has 1 aromatic rings. The van der Waals surface area contributed by atoms with Crippen LogP contribution in [0, 0.1) is 17.3 Å². The summed E-state index contributed by atoms with van der Waals surface area (Å²) in [6.07, 6.45) is 5.97. The molecule has 1 amide bonds. The van der Waals surface area contributed by atoms with Crippen molar-refractivity contribution in [2.45, 2.75) is 38.5 Å². The summed E-state index contributed by atoms with van der Waals surface area (Å²) in [5.41, 5.74) is 0.785. The predicted octanol–water partition coefficient (Wildman–Crippen LogP) is 2.65. The third-order valence-corrected chi connectivity index (χ3v) is 7.06. The molecule has 0 aromatic heterocycles. The van der Waals surface area contributed by atoms with Crippen LogP contribution >= 0.6 is 0 Å². The highest BCUT2D eigenvalue weighted by atomic mass is 16.4. The van der Waals surface area contributed by atoms with E-state index >= 15 is 0 Å². The third-order valence-electron chi connectivity index (χ3n) is 7.06. The van der Waals surface area contributed by atoms with Crippen LogP contribution in [0.25, 0.3) is 0 Å². The second-order valence-electron chi connectivity index (χ2n) is 8.73. The zero-order chi connectivity index (χ0) is 18.9. The number of likely N-dealkylation sites (tertiary alicyclic amines) is 2. The standard InChI is InChI=1S/C22H30N2O3/c25-20(15-23-14-19-7-4-10-22(19,16-23)21(26)27)24-11-8-18(9-12-24)13-17-5-2-1-3-6-17/h1-3,5-6,18-19H,4,7-16H2,(H,26,27)/t19-,22+/m0/s1. The molecule has 0 spiro atoms. The number of benzene rings is 1. The first-order valence-corrected chi connectivity index (χ1v) is 10.3. The Morgan fingerprint density at radius 1 is 1.11 bits per heavy atom. The molecule has 1 N–H and O–H groups in total. The Morgan fingerprint density at radius 2 is 1.85 bits per heavy atom. The fourth-order valence-electron chi connectivity index (χ4n) is 5.49. The zero-order valence-electron chi connectivity index (χ0n) is 16.0. The first-order valence-electron chi connectivity index (χ1n) is 10.3. The number of fused-ring (bicyclic) bond motifs is 1. The van der Waals surface area contributed by atoms with Crippen LogP contribution in [0.4, 0.5) is 0 Å². The van der Waals surface area contributed by atoms with Crippen molar-refractivity contribution in [2.75, 3.05) is 32.7 Å². The molecule has 1 aromatic carbocycles. The average molecular weight is 370 g/mol. The van der Waals surface area contributed by atoms with Crippen LogP contribution in [0.3, 0.4) is 0 Å². The summed E-state index contributed by atoms with van der Waals surface area (Å²) in [7, 11) is 0. The predicted molar refractivity (Wildman–Crippen MR) is 103 cm³/mol. The number of hydrogen-bond donors (Lipinski definition) is 1. The van der Waals surface area contributed by atoms with Gasteiger partial charge >= 0.3 is 5.97 Å². The molecule has 27 heavy (non-hydrogen) atoms. The van der Waals surface area contributed by atoms with Crippen LogP contribution < -0.4 is 0 Å². The van der Waals surface area contributed by atoms with Crippen molar-refractivity contribution < 1.29 is 14.7 Å². The molecular weight excluding hydrogens is 340 g/mol. The first-order chi connectivity index (χ1) is 13.1. The summed E-state index contributed by atoms with van der Waals surface area (Å²) in [5, 5.41) is 9.70. The van der Waals surface area contributed by atoms with Gasteiger partial charge in [-0.15, -0.1) is 0 Å². The molecule has 3 fully saturated rings. The van der Waals surface area contributed by atoms with Crippen molar-refractivity contribution in [1.29, 1.82) is 0 Å². The van der Waals surface area contributed by atoms with Gasteiger partial charge in [0.05, 0.1) is 12.0 Å². The van der Waals surface area contributed by atoms with E-state index < -0.39 is 11.4 Å². The highest BCUT2D eigenvalue weighted by Crippen LogP contribution is 2.48. The lowest BCUT2D eigenvalue weighted by molar-refractivity contribution is -0.149. The number of amides is 1. The number of aliphatic carboxylic acids is 1. The van der Waals surface area contributed by atoms with Gasteiger partial charge in [0, 0.05) is 26.2 Å². The summed E-state index contributed by atoms with van der Waals surface area (Å²) in [4.78, 5) is 28.6. The number of carbonyl (C=O) groups is 2. The maximum atomic E-state index is 12.7. The van der Waals surface area contributed by atoms with Crippen LogP contribution in [0.1, 0.15) is 37.7 Å². The van der Waals surface area contributed by atoms with E-state index in [2.05, 4.69) is 29.2 Å². The number of rotatable bonds is 5. The van der Waals surface area contributed by atoms with Crippen LogP contribution in [-0.2, 0) is 16.0 Å². The molecule has 2 aliphatic heterocycles. The Bertz CT molecular complexity index is 684. The molecular formula is C22H30N2O3. The topological polar surface area (TPSA) is 60.9 Å². The number of carbonyl (C=O) groups excluding carboxylic acids is 1. The highest BCUT2D eigenvalue weighted by molar-refractivity contribution is 5.79. The minimum Gasteiger partial charge on any atom is -0.481 e.